The first kappa shape index (κ1) is 16.4. The van der Waals surface area contributed by atoms with Crippen molar-refractivity contribution >= 4 is 23.2 Å². The highest BCUT2D eigenvalue weighted by atomic mass is 35.5. The maximum absolute atomic E-state index is 6.00. The number of anilines is 1. The molecule has 1 aliphatic heterocycles. The average molecular weight is 370 g/mol. The first-order valence-corrected chi connectivity index (χ1v) is 8.32. The molecule has 7 nitrogen and oxygen atoms in total. The monoisotopic (exact) mass is 369 g/mol. The van der Waals surface area contributed by atoms with Crippen LogP contribution in [0.5, 0.6) is 11.5 Å². The average Bonchev–Trinajstić information content (AvgIpc) is 3.16. The van der Waals surface area contributed by atoms with Gasteiger partial charge in [0, 0.05) is 22.3 Å². The molecule has 26 heavy (non-hydrogen) atoms. The van der Waals surface area contributed by atoms with Crippen LogP contribution in [0.3, 0.4) is 0 Å². The van der Waals surface area contributed by atoms with E-state index in [2.05, 4.69) is 26.9 Å². The van der Waals surface area contributed by atoms with Crippen LogP contribution in [0.1, 0.15) is 17.2 Å². The topological polar surface area (TPSA) is 74.1 Å². The van der Waals surface area contributed by atoms with Gasteiger partial charge in [0.25, 0.3) is 0 Å². The number of benzene rings is 2. The molecule has 2 heterocycles. The molecule has 1 atom stereocenters. The van der Waals surface area contributed by atoms with Gasteiger partial charge in [0.1, 0.15) is 17.5 Å². The summed E-state index contributed by atoms with van der Waals surface area (Å²) in [5.74, 6) is 1.98. The van der Waals surface area contributed by atoms with Crippen LogP contribution in [0.2, 0.25) is 5.02 Å². The first-order chi connectivity index (χ1) is 12.7. The lowest BCUT2D eigenvalue weighted by Crippen LogP contribution is -2.20. The summed E-state index contributed by atoms with van der Waals surface area (Å²) in [5, 5.41) is 15.9. The number of halogens is 1. The van der Waals surface area contributed by atoms with E-state index >= 15 is 0 Å². The number of ether oxygens (including phenoxy) is 2. The largest absolute Gasteiger partial charge is 0.497 e. The number of nitrogens with one attached hydrogen (secondary N) is 1. The quantitative estimate of drug-likeness (QED) is 0.759. The molecule has 0 aliphatic carbocycles. The maximum atomic E-state index is 6.00. The van der Waals surface area contributed by atoms with E-state index in [9.17, 15) is 0 Å². The Hall–Kier alpha value is -3.06. The molecule has 1 N–H and O–H groups in total. The van der Waals surface area contributed by atoms with Gasteiger partial charge in [-0.25, -0.2) is 0 Å². The van der Waals surface area contributed by atoms with E-state index in [0.717, 1.165) is 22.6 Å². The highest BCUT2D eigenvalue weighted by molar-refractivity contribution is 6.30. The van der Waals surface area contributed by atoms with Gasteiger partial charge < -0.3 is 14.8 Å². The Balaban J connectivity index is 1.82. The van der Waals surface area contributed by atoms with Crippen LogP contribution in [0, 0.1) is 0 Å². The molecule has 0 bridgehead atoms. The van der Waals surface area contributed by atoms with Crippen molar-refractivity contribution in [1.29, 1.82) is 0 Å². The second-order valence-electron chi connectivity index (χ2n) is 5.71. The van der Waals surface area contributed by atoms with Gasteiger partial charge >= 0.3 is 0 Å². The minimum Gasteiger partial charge on any atom is -0.497 e. The van der Waals surface area contributed by atoms with Gasteiger partial charge in [0.15, 0.2) is 0 Å². The predicted molar refractivity (Wildman–Crippen MR) is 98.6 cm³/mol. The standard InChI is InChI=1S/C18H16ClN5O2/c1-25-13-7-8-14(17(9-13)26-2)16-10-15(11-3-5-12(19)6-4-11)20-18-21-22-23-24(16)18/h3-10,16H,1-2H3,(H,20,21,23). The smallest absolute Gasteiger partial charge is 0.248 e. The number of aromatic nitrogens is 4. The summed E-state index contributed by atoms with van der Waals surface area (Å²) in [6.07, 6.45) is 2.05. The second-order valence-corrected chi connectivity index (χ2v) is 6.15. The minimum absolute atomic E-state index is 0.229. The molecule has 0 spiro atoms. The van der Waals surface area contributed by atoms with Gasteiger partial charge in [-0.2, -0.15) is 4.68 Å². The highest BCUT2D eigenvalue weighted by Crippen LogP contribution is 2.37. The Morgan fingerprint density at radius 3 is 2.62 bits per heavy atom. The van der Waals surface area contributed by atoms with Gasteiger partial charge in [-0.3, -0.25) is 0 Å². The summed E-state index contributed by atoms with van der Waals surface area (Å²) >= 11 is 6.00. The lowest BCUT2D eigenvalue weighted by atomic mass is 10.0. The maximum Gasteiger partial charge on any atom is 0.248 e. The van der Waals surface area contributed by atoms with Gasteiger partial charge in [-0.05, 0) is 46.3 Å². The van der Waals surface area contributed by atoms with Crippen LogP contribution < -0.4 is 14.8 Å². The molecule has 0 fully saturated rings. The summed E-state index contributed by atoms with van der Waals surface area (Å²) in [7, 11) is 3.25. The lowest BCUT2D eigenvalue weighted by Gasteiger charge is -2.25. The third-order valence-electron chi connectivity index (χ3n) is 4.24. The number of hydrogen-bond donors (Lipinski definition) is 1. The van der Waals surface area contributed by atoms with Crippen LogP contribution >= 0.6 is 11.6 Å². The number of allylic oxidation sites excluding steroid dienone is 1. The summed E-state index contributed by atoms with van der Waals surface area (Å²) in [6.45, 7) is 0. The number of fused-ring (bicyclic) bond motifs is 1. The SMILES string of the molecule is COc1ccc(C2C=C(c3ccc(Cl)cc3)Nc3nnnn32)c(OC)c1. The fraction of sp³-hybridized carbons (Fsp3) is 0.167. The molecule has 0 saturated carbocycles. The van der Waals surface area contributed by atoms with Crippen molar-refractivity contribution in [3.05, 3.63) is 64.7 Å². The summed E-state index contributed by atoms with van der Waals surface area (Å²) in [6, 6.07) is 13.0. The van der Waals surface area contributed by atoms with E-state index in [1.54, 1.807) is 18.9 Å². The van der Waals surface area contributed by atoms with Crippen LogP contribution in [0.4, 0.5) is 5.95 Å². The Labute approximate surface area is 155 Å². The van der Waals surface area contributed by atoms with E-state index in [1.807, 2.05) is 42.5 Å². The van der Waals surface area contributed by atoms with Crippen molar-refractivity contribution in [2.24, 2.45) is 0 Å². The van der Waals surface area contributed by atoms with Crippen molar-refractivity contribution in [3.63, 3.8) is 0 Å². The minimum atomic E-state index is -0.229. The summed E-state index contributed by atoms with van der Waals surface area (Å²) < 4.78 is 12.6. The van der Waals surface area contributed by atoms with Crippen LogP contribution in [-0.2, 0) is 0 Å². The van der Waals surface area contributed by atoms with Gasteiger partial charge in [0.2, 0.25) is 5.95 Å². The van der Waals surface area contributed by atoms with Crippen molar-refractivity contribution in [2.45, 2.75) is 6.04 Å². The van der Waals surface area contributed by atoms with Crippen molar-refractivity contribution in [2.75, 3.05) is 19.5 Å². The summed E-state index contributed by atoms with van der Waals surface area (Å²) in [5.41, 5.74) is 2.81. The molecular formula is C18H16ClN5O2. The van der Waals surface area contributed by atoms with E-state index in [4.69, 9.17) is 21.1 Å². The fourth-order valence-corrected chi connectivity index (χ4v) is 3.06. The molecule has 1 aromatic heterocycles. The molecule has 132 valence electrons. The third-order valence-corrected chi connectivity index (χ3v) is 4.49. The number of methoxy groups -OCH3 is 2. The van der Waals surface area contributed by atoms with Gasteiger partial charge in [0.05, 0.1) is 14.2 Å². The number of tetrazole rings is 1. The Morgan fingerprint density at radius 1 is 1.08 bits per heavy atom. The van der Waals surface area contributed by atoms with E-state index < -0.39 is 0 Å². The summed E-state index contributed by atoms with van der Waals surface area (Å²) in [4.78, 5) is 0. The van der Waals surface area contributed by atoms with Crippen molar-refractivity contribution in [3.8, 4) is 11.5 Å². The van der Waals surface area contributed by atoms with Crippen LogP contribution in [0.15, 0.2) is 48.5 Å². The zero-order valence-electron chi connectivity index (χ0n) is 14.2. The lowest BCUT2D eigenvalue weighted by molar-refractivity contribution is 0.387. The van der Waals surface area contributed by atoms with Crippen molar-refractivity contribution in [1.82, 2.24) is 20.2 Å². The molecule has 3 aromatic rings. The number of rotatable bonds is 4. The Kier molecular flexibility index (Phi) is 4.22. The van der Waals surface area contributed by atoms with Gasteiger partial charge in [-0.15, -0.1) is 0 Å². The first-order valence-electron chi connectivity index (χ1n) is 7.94. The number of hydrogen-bond acceptors (Lipinski definition) is 6. The number of nitrogens with zero attached hydrogens (tertiary/aromatic N) is 4. The van der Waals surface area contributed by atoms with Crippen LogP contribution in [-0.4, -0.2) is 34.4 Å². The molecule has 0 amide bonds. The zero-order valence-corrected chi connectivity index (χ0v) is 14.9. The molecule has 0 radical (unpaired) electrons. The van der Waals surface area contributed by atoms with Crippen molar-refractivity contribution < 1.29 is 9.47 Å². The molecule has 1 unspecified atom stereocenters. The molecular weight excluding hydrogens is 354 g/mol. The van der Waals surface area contributed by atoms with E-state index in [1.165, 1.54) is 0 Å². The third kappa shape index (κ3) is 2.86. The van der Waals surface area contributed by atoms with Crippen LogP contribution in [0.25, 0.3) is 5.70 Å². The predicted octanol–water partition coefficient (Wildman–Crippen LogP) is 3.40. The Morgan fingerprint density at radius 2 is 1.88 bits per heavy atom. The van der Waals surface area contributed by atoms with Gasteiger partial charge in [-0.1, -0.05) is 28.8 Å². The fourth-order valence-electron chi connectivity index (χ4n) is 2.94. The van der Waals surface area contributed by atoms with E-state index in [-0.39, 0.29) is 6.04 Å². The van der Waals surface area contributed by atoms with E-state index in [0.29, 0.717) is 16.7 Å². The Bertz CT molecular complexity index is 968. The molecule has 1 aliphatic rings. The second kappa shape index (κ2) is 6.68. The normalized spacial score (nSPS) is 15.7. The molecule has 0 saturated heterocycles. The molecule has 4 rings (SSSR count). The highest BCUT2D eigenvalue weighted by Gasteiger charge is 2.26. The molecule has 8 heteroatoms. The zero-order chi connectivity index (χ0) is 18.1. The molecule has 2 aromatic carbocycles.